The highest BCUT2D eigenvalue weighted by Crippen LogP contribution is 2.37. The summed E-state index contributed by atoms with van der Waals surface area (Å²) < 4.78 is 0. The molecule has 2 heteroatoms. The SMILES string of the molecule is OC[C@H](c1ccccc1)N1CCC[C@@H]1CC1CCC1. The Bertz CT molecular complexity index is 388. The molecule has 0 amide bonds. The number of nitrogens with zero attached hydrogens (tertiary/aromatic N) is 1. The van der Waals surface area contributed by atoms with Gasteiger partial charge in [0.15, 0.2) is 0 Å². The van der Waals surface area contributed by atoms with Gasteiger partial charge in [-0.25, -0.2) is 0 Å². The molecule has 1 aliphatic carbocycles. The number of benzene rings is 1. The van der Waals surface area contributed by atoms with Crippen molar-refractivity contribution < 1.29 is 5.11 Å². The third kappa shape index (κ3) is 2.85. The summed E-state index contributed by atoms with van der Waals surface area (Å²) in [5.41, 5.74) is 1.27. The Morgan fingerprint density at radius 1 is 1.11 bits per heavy atom. The second-order valence-corrected chi connectivity index (χ2v) is 6.18. The molecule has 0 spiro atoms. The Kier molecular flexibility index (Phi) is 4.19. The number of aliphatic hydroxyl groups is 1. The molecule has 3 rings (SSSR count). The molecule has 2 nitrogen and oxygen atoms in total. The van der Waals surface area contributed by atoms with Gasteiger partial charge in [-0.1, -0.05) is 49.6 Å². The van der Waals surface area contributed by atoms with Crippen molar-refractivity contribution in [2.45, 2.75) is 50.6 Å². The summed E-state index contributed by atoms with van der Waals surface area (Å²) >= 11 is 0. The first-order valence-electron chi connectivity index (χ1n) is 7.80. The first-order valence-corrected chi connectivity index (χ1v) is 7.80. The third-order valence-corrected chi connectivity index (χ3v) is 5.01. The number of rotatable bonds is 5. The van der Waals surface area contributed by atoms with Crippen LogP contribution in [0.4, 0.5) is 0 Å². The molecule has 104 valence electrons. The van der Waals surface area contributed by atoms with Gasteiger partial charge in [-0.05, 0) is 37.3 Å². The summed E-state index contributed by atoms with van der Waals surface area (Å²) in [6.45, 7) is 1.39. The molecule has 1 heterocycles. The fourth-order valence-electron chi connectivity index (χ4n) is 3.71. The fraction of sp³-hybridized carbons (Fsp3) is 0.647. The van der Waals surface area contributed by atoms with Crippen LogP contribution in [0.3, 0.4) is 0 Å². The van der Waals surface area contributed by atoms with Crippen LogP contribution in [-0.4, -0.2) is 29.2 Å². The lowest BCUT2D eigenvalue weighted by atomic mass is 9.80. The maximum Gasteiger partial charge on any atom is 0.0628 e. The molecule has 2 atom stereocenters. The standard InChI is InChI=1S/C17H25NO/c19-13-17(15-8-2-1-3-9-15)18-11-5-10-16(18)12-14-6-4-7-14/h1-3,8-9,14,16-17,19H,4-7,10-13H2/t16-,17-/m1/s1. The minimum atomic E-state index is 0.203. The molecule has 19 heavy (non-hydrogen) atoms. The van der Waals surface area contributed by atoms with Crippen molar-refractivity contribution in [1.82, 2.24) is 4.90 Å². The molecular formula is C17H25NO. The first kappa shape index (κ1) is 13.1. The molecule has 1 saturated heterocycles. The van der Waals surface area contributed by atoms with Crippen molar-refractivity contribution in [3.8, 4) is 0 Å². The number of likely N-dealkylation sites (tertiary alicyclic amines) is 1. The van der Waals surface area contributed by atoms with Gasteiger partial charge in [0, 0.05) is 6.04 Å². The number of hydrogen-bond acceptors (Lipinski definition) is 2. The van der Waals surface area contributed by atoms with E-state index in [1.165, 1.54) is 44.1 Å². The van der Waals surface area contributed by atoms with E-state index in [9.17, 15) is 5.11 Å². The molecule has 0 aromatic heterocycles. The molecule has 0 bridgehead atoms. The van der Waals surface area contributed by atoms with E-state index < -0.39 is 0 Å². The second-order valence-electron chi connectivity index (χ2n) is 6.18. The largest absolute Gasteiger partial charge is 0.394 e. The van der Waals surface area contributed by atoms with Crippen LogP contribution < -0.4 is 0 Å². The van der Waals surface area contributed by atoms with Crippen LogP contribution in [0.5, 0.6) is 0 Å². The maximum atomic E-state index is 9.82. The molecule has 0 unspecified atom stereocenters. The summed E-state index contributed by atoms with van der Waals surface area (Å²) in [4.78, 5) is 2.56. The lowest BCUT2D eigenvalue weighted by Gasteiger charge is -2.36. The highest BCUT2D eigenvalue weighted by molar-refractivity contribution is 5.19. The summed E-state index contributed by atoms with van der Waals surface area (Å²) in [6.07, 6.45) is 8.25. The van der Waals surface area contributed by atoms with E-state index in [1.807, 2.05) is 6.07 Å². The van der Waals surface area contributed by atoms with Crippen molar-refractivity contribution in [3.05, 3.63) is 35.9 Å². The average Bonchev–Trinajstić information content (AvgIpc) is 2.84. The van der Waals surface area contributed by atoms with Crippen LogP contribution in [-0.2, 0) is 0 Å². The van der Waals surface area contributed by atoms with Crippen LogP contribution in [0.25, 0.3) is 0 Å². The molecule has 2 aliphatic rings. The Morgan fingerprint density at radius 3 is 2.53 bits per heavy atom. The first-order chi connectivity index (χ1) is 9.38. The van der Waals surface area contributed by atoms with Gasteiger partial charge >= 0.3 is 0 Å². The van der Waals surface area contributed by atoms with Crippen molar-refractivity contribution >= 4 is 0 Å². The van der Waals surface area contributed by atoms with Gasteiger partial charge in [-0.15, -0.1) is 0 Å². The molecule has 1 N–H and O–H groups in total. The van der Waals surface area contributed by atoms with E-state index in [0.29, 0.717) is 6.04 Å². The smallest absolute Gasteiger partial charge is 0.0628 e. The Hall–Kier alpha value is -0.860. The van der Waals surface area contributed by atoms with Crippen LogP contribution >= 0.6 is 0 Å². The molecule has 1 aliphatic heterocycles. The van der Waals surface area contributed by atoms with Crippen molar-refractivity contribution in [2.75, 3.05) is 13.2 Å². The average molecular weight is 259 g/mol. The highest BCUT2D eigenvalue weighted by atomic mass is 16.3. The van der Waals surface area contributed by atoms with Crippen molar-refractivity contribution in [3.63, 3.8) is 0 Å². The third-order valence-electron chi connectivity index (χ3n) is 5.01. The number of hydrogen-bond donors (Lipinski definition) is 1. The summed E-state index contributed by atoms with van der Waals surface area (Å²) in [5.74, 6) is 0.959. The normalized spacial score (nSPS) is 26.3. The minimum Gasteiger partial charge on any atom is -0.394 e. The van der Waals surface area contributed by atoms with Gasteiger partial charge in [0.1, 0.15) is 0 Å². The predicted molar refractivity (Wildman–Crippen MR) is 78.0 cm³/mol. The van der Waals surface area contributed by atoms with Gasteiger partial charge in [-0.3, -0.25) is 4.90 Å². The fourth-order valence-corrected chi connectivity index (χ4v) is 3.71. The van der Waals surface area contributed by atoms with E-state index >= 15 is 0 Å². The monoisotopic (exact) mass is 259 g/mol. The summed E-state index contributed by atoms with van der Waals surface area (Å²) in [7, 11) is 0. The van der Waals surface area contributed by atoms with Crippen LogP contribution in [0.1, 0.15) is 50.1 Å². The zero-order valence-corrected chi connectivity index (χ0v) is 11.7. The molecule has 0 radical (unpaired) electrons. The lowest BCUT2D eigenvalue weighted by molar-refractivity contribution is 0.0914. The van der Waals surface area contributed by atoms with E-state index in [4.69, 9.17) is 0 Å². The topological polar surface area (TPSA) is 23.5 Å². The molecule has 1 saturated carbocycles. The van der Waals surface area contributed by atoms with E-state index in [1.54, 1.807) is 0 Å². The van der Waals surface area contributed by atoms with Crippen molar-refractivity contribution in [2.24, 2.45) is 5.92 Å². The quantitative estimate of drug-likeness (QED) is 0.876. The highest BCUT2D eigenvalue weighted by Gasteiger charge is 2.33. The van der Waals surface area contributed by atoms with Crippen LogP contribution in [0.15, 0.2) is 30.3 Å². The molecule has 2 fully saturated rings. The maximum absolute atomic E-state index is 9.82. The van der Waals surface area contributed by atoms with E-state index in [-0.39, 0.29) is 12.6 Å². The summed E-state index contributed by atoms with van der Waals surface area (Å²) in [5, 5.41) is 9.82. The van der Waals surface area contributed by atoms with Gasteiger partial charge in [0.05, 0.1) is 12.6 Å². The Morgan fingerprint density at radius 2 is 1.89 bits per heavy atom. The Labute approximate surface area is 116 Å². The zero-order chi connectivity index (χ0) is 13.1. The zero-order valence-electron chi connectivity index (χ0n) is 11.7. The van der Waals surface area contributed by atoms with Crippen LogP contribution in [0, 0.1) is 5.92 Å². The minimum absolute atomic E-state index is 0.203. The van der Waals surface area contributed by atoms with Gasteiger partial charge < -0.3 is 5.11 Å². The van der Waals surface area contributed by atoms with Gasteiger partial charge in [-0.2, -0.15) is 0 Å². The van der Waals surface area contributed by atoms with E-state index in [2.05, 4.69) is 29.2 Å². The van der Waals surface area contributed by atoms with Crippen molar-refractivity contribution in [1.29, 1.82) is 0 Å². The Balaban J connectivity index is 1.70. The predicted octanol–water partition coefficient (Wildman–Crippen LogP) is 3.37. The molecular weight excluding hydrogens is 234 g/mol. The number of aliphatic hydroxyl groups excluding tert-OH is 1. The van der Waals surface area contributed by atoms with Crippen LogP contribution in [0.2, 0.25) is 0 Å². The van der Waals surface area contributed by atoms with E-state index in [0.717, 1.165) is 12.5 Å². The van der Waals surface area contributed by atoms with Gasteiger partial charge in [0.25, 0.3) is 0 Å². The lowest BCUT2D eigenvalue weighted by Crippen LogP contribution is -2.37. The molecule has 1 aromatic rings. The van der Waals surface area contributed by atoms with Gasteiger partial charge in [0.2, 0.25) is 0 Å². The molecule has 1 aromatic carbocycles. The summed E-state index contributed by atoms with van der Waals surface area (Å²) in [6, 6.07) is 11.4. The second kappa shape index (κ2) is 6.06.